The molecule has 0 aliphatic rings. The molecule has 3 aromatic carbocycles. The third-order valence-electron chi connectivity index (χ3n) is 5.34. The molecule has 0 amide bonds. The Balaban J connectivity index is 1.81. The van der Waals surface area contributed by atoms with Gasteiger partial charge in [-0.1, -0.05) is 93.8 Å². The Hall–Kier alpha value is -2.12. The Bertz CT molecular complexity index is 832. The zero-order valence-electron chi connectivity index (χ0n) is 16.9. The Morgan fingerprint density at radius 1 is 0.704 bits per heavy atom. The van der Waals surface area contributed by atoms with Crippen LogP contribution in [-0.4, -0.2) is 6.54 Å². The normalized spacial score (nSPS) is 11.2. The average molecular weight is 360 g/mol. The molecule has 0 heterocycles. The molecule has 0 fully saturated rings. The van der Waals surface area contributed by atoms with Gasteiger partial charge in [0, 0.05) is 6.54 Å². The van der Waals surface area contributed by atoms with E-state index in [-0.39, 0.29) is 0 Å². The monoisotopic (exact) mass is 359 g/mol. The van der Waals surface area contributed by atoms with Crippen molar-refractivity contribution in [2.45, 2.75) is 58.9 Å². The predicted molar refractivity (Wildman–Crippen MR) is 119 cm³/mol. The minimum absolute atomic E-state index is 0.936. The van der Waals surface area contributed by atoms with E-state index in [0.29, 0.717) is 0 Å². The molecule has 0 aliphatic heterocycles. The molecule has 0 aliphatic carbocycles. The second kappa shape index (κ2) is 10.3. The van der Waals surface area contributed by atoms with E-state index < -0.39 is 0 Å². The van der Waals surface area contributed by atoms with Crippen LogP contribution in [0.25, 0.3) is 21.9 Å². The van der Waals surface area contributed by atoms with Gasteiger partial charge in [-0.2, -0.15) is 0 Å². The van der Waals surface area contributed by atoms with Gasteiger partial charge < -0.3 is 5.32 Å². The minimum atomic E-state index is 0.936. The summed E-state index contributed by atoms with van der Waals surface area (Å²) in [7, 11) is 0. The largest absolute Gasteiger partial charge is 0.313 e. The maximum absolute atomic E-state index is 3.54. The summed E-state index contributed by atoms with van der Waals surface area (Å²) in [6.07, 6.45) is 7.66. The summed E-state index contributed by atoms with van der Waals surface area (Å²) in [5.41, 5.74) is 5.49. The summed E-state index contributed by atoms with van der Waals surface area (Å²) in [5, 5.41) is 6.25. The van der Waals surface area contributed by atoms with Crippen LogP contribution in [0.4, 0.5) is 0 Å². The van der Waals surface area contributed by atoms with Crippen molar-refractivity contribution < 1.29 is 0 Å². The third-order valence-corrected chi connectivity index (χ3v) is 5.34. The Morgan fingerprint density at radius 2 is 1.48 bits per heavy atom. The molecule has 0 radical (unpaired) electrons. The lowest BCUT2D eigenvalue weighted by atomic mass is 9.94. The van der Waals surface area contributed by atoms with Crippen LogP contribution in [0, 0.1) is 0 Å². The van der Waals surface area contributed by atoms with E-state index >= 15 is 0 Å². The van der Waals surface area contributed by atoms with E-state index in [1.807, 2.05) is 0 Å². The first-order chi connectivity index (χ1) is 13.3. The van der Waals surface area contributed by atoms with Gasteiger partial charge in [-0.3, -0.25) is 0 Å². The first-order valence-corrected chi connectivity index (χ1v) is 10.6. The second-order valence-electron chi connectivity index (χ2n) is 7.50. The summed E-state index contributed by atoms with van der Waals surface area (Å²) < 4.78 is 0. The van der Waals surface area contributed by atoms with Gasteiger partial charge >= 0.3 is 0 Å². The van der Waals surface area contributed by atoms with Crippen LogP contribution in [0.3, 0.4) is 0 Å². The second-order valence-corrected chi connectivity index (χ2v) is 7.50. The van der Waals surface area contributed by atoms with E-state index in [0.717, 1.165) is 13.1 Å². The first kappa shape index (κ1) is 19.6. The molecular weight excluding hydrogens is 326 g/mol. The van der Waals surface area contributed by atoms with Crippen molar-refractivity contribution in [3.63, 3.8) is 0 Å². The molecule has 0 spiro atoms. The van der Waals surface area contributed by atoms with Crippen molar-refractivity contribution in [2.75, 3.05) is 6.54 Å². The van der Waals surface area contributed by atoms with Crippen LogP contribution >= 0.6 is 0 Å². The van der Waals surface area contributed by atoms with E-state index in [2.05, 4.69) is 79.8 Å². The van der Waals surface area contributed by atoms with E-state index in [1.54, 1.807) is 0 Å². The molecule has 142 valence electrons. The standard InChI is InChI=1S/C26H33N/c1-3-5-6-7-10-21-13-15-22(16-14-21)25-18-17-23(20-27-19-4-2)24-11-8-9-12-26(24)25/h8-9,11-18,27H,3-7,10,19-20H2,1-2H3. The molecule has 0 bridgehead atoms. The molecule has 1 nitrogen and oxygen atoms in total. The maximum Gasteiger partial charge on any atom is 0.0211 e. The summed E-state index contributed by atoms with van der Waals surface area (Å²) in [4.78, 5) is 0. The highest BCUT2D eigenvalue weighted by atomic mass is 14.8. The lowest BCUT2D eigenvalue weighted by Gasteiger charge is -2.13. The van der Waals surface area contributed by atoms with Crippen molar-refractivity contribution in [3.8, 4) is 11.1 Å². The fourth-order valence-corrected chi connectivity index (χ4v) is 3.77. The van der Waals surface area contributed by atoms with Crippen LogP contribution in [0.1, 0.15) is 57.1 Å². The third kappa shape index (κ3) is 5.20. The van der Waals surface area contributed by atoms with Gasteiger partial charge in [-0.15, -0.1) is 0 Å². The van der Waals surface area contributed by atoms with Gasteiger partial charge in [-0.25, -0.2) is 0 Å². The average Bonchev–Trinajstić information content (AvgIpc) is 2.72. The highest BCUT2D eigenvalue weighted by Gasteiger charge is 2.07. The number of unbranched alkanes of at least 4 members (excludes halogenated alkanes) is 3. The van der Waals surface area contributed by atoms with E-state index in [9.17, 15) is 0 Å². The summed E-state index contributed by atoms with van der Waals surface area (Å²) in [5.74, 6) is 0. The number of benzene rings is 3. The topological polar surface area (TPSA) is 12.0 Å². The zero-order chi connectivity index (χ0) is 18.9. The molecule has 1 heteroatoms. The van der Waals surface area contributed by atoms with Gasteiger partial charge in [-0.05, 0) is 58.8 Å². The SMILES string of the molecule is CCCCCCc1ccc(-c2ccc(CNCCC)c3ccccc23)cc1. The number of nitrogens with one attached hydrogen (secondary N) is 1. The van der Waals surface area contributed by atoms with Crippen molar-refractivity contribution in [3.05, 3.63) is 71.8 Å². The number of hydrogen-bond donors (Lipinski definition) is 1. The van der Waals surface area contributed by atoms with Crippen molar-refractivity contribution in [1.29, 1.82) is 0 Å². The number of aryl methyl sites for hydroxylation is 1. The van der Waals surface area contributed by atoms with E-state index in [1.165, 1.54) is 71.6 Å². The van der Waals surface area contributed by atoms with Crippen LogP contribution in [0.2, 0.25) is 0 Å². The van der Waals surface area contributed by atoms with Crippen LogP contribution in [-0.2, 0) is 13.0 Å². The van der Waals surface area contributed by atoms with Gasteiger partial charge in [0.2, 0.25) is 0 Å². The molecule has 3 aromatic rings. The van der Waals surface area contributed by atoms with Crippen molar-refractivity contribution in [1.82, 2.24) is 5.32 Å². The van der Waals surface area contributed by atoms with Crippen LogP contribution < -0.4 is 5.32 Å². The molecule has 0 saturated carbocycles. The zero-order valence-corrected chi connectivity index (χ0v) is 16.9. The molecule has 0 unspecified atom stereocenters. The molecule has 0 aromatic heterocycles. The van der Waals surface area contributed by atoms with Crippen molar-refractivity contribution in [2.24, 2.45) is 0 Å². The molecule has 1 N–H and O–H groups in total. The Morgan fingerprint density at radius 3 is 2.22 bits per heavy atom. The molecule has 27 heavy (non-hydrogen) atoms. The minimum Gasteiger partial charge on any atom is -0.313 e. The number of fused-ring (bicyclic) bond motifs is 1. The fraction of sp³-hybridized carbons (Fsp3) is 0.385. The fourth-order valence-electron chi connectivity index (χ4n) is 3.77. The quantitative estimate of drug-likeness (QED) is 0.380. The van der Waals surface area contributed by atoms with Crippen molar-refractivity contribution >= 4 is 10.8 Å². The Labute approximate surface area is 164 Å². The number of hydrogen-bond acceptors (Lipinski definition) is 1. The van der Waals surface area contributed by atoms with Gasteiger partial charge in [0.05, 0.1) is 0 Å². The summed E-state index contributed by atoms with van der Waals surface area (Å²) >= 11 is 0. The van der Waals surface area contributed by atoms with E-state index in [4.69, 9.17) is 0 Å². The lowest BCUT2D eigenvalue weighted by molar-refractivity contribution is 0.667. The van der Waals surface area contributed by atoms with Gasteiger partial charge in [0.25, 0.3) is 0 Å². The molecular formula is C26H33N. The van der Waals surface area contributed by atoms with Crippen LogP contribution in [0.15, 0.2) is 60.7 Å². The molecule has 0 atom stereocenters. The van der Waals surface area contributed by atoms with Gasteiger partial charge in [0.1, 0.15) is 0 Å². The van der Waals surface area contributed by atoms with Crippen LogP contribution in [0.5, 0.6) is 0 Å². The lowest BCUT2D eigenvalue weighted by Crippen LogP contribution is -2.14. The highest BCUT2D eigenvalue weighted by Crippen LogP contribution is 2.31. The highest BCUT2D eigenvalue weighted by molar-refractivity contribution is 5.98. The van der Waals surface area contributed by atoms with Gasteiger partial charge in [0.15, 0.2) is 0 Å². The summed E-state index contributed by atoms with van der Waals surface area (Å²) in [6, 6.07) is 22.6. The smallest absolute Gasteiger partial charge is 0.0211 e. The molecule has 3 rings (SSSR count). The predicted octanol–water partition coefficient (Wildman–Crippen LogP) is 7.13. The Kier molecular flexibility index (Phi) is 7.47. The maximum atomic E-state index is 3.54. The first-order valence-electron chi connectivity index (χ1n) is 10.6. The number of rotatable bonds is 10. The summed E-state index contributed by atoms with van der Waals surface area (Å²) in [6.45, 7) is 6.48. The molecule has 0 saturated heterocycles.